The molecular formula is C21H24N2O4. The second-order valence-corrected chi connectivity index (χ2v) is 6.93. The molecule has 2 aromatic rings. The van der Waals surface area contributed by atoms with Gasteiger partial charge in [-0.3, -0.25) is 9.80 Å². The highest BCUT2D eigenvalue weighted by atomic mass is 16.7. The number of hydrogen-bond acceptors (Lipinski definition) is 6. The number of fused-ring (bicyclic) bond motifs is 1. The van der Waals surface area contributed by atoms with Gasteiger partial charge < -0.3 is 14.2 Å². The topological polar surface area (TPSA) is 51.2 Å². The molecule has 0 amide bonds. The van der Waals surface area contributed by atoms with E-state index in [2.05, 4.69) is 21.9 Å². The van der Waals surface area contributed by atoms with E-state index in [1.54, 1.807) is 0 Å². The molecule has 0 spiro atoms. The van der Waals surface area contributed by atoms with Crippen LogP contribution in [-0.4, -0.2) is 55.9 Å². The summed E-state index contributed by atoms with van der Waals surface area (Å²) in [6, 6.07) is 13.9. The highest BCUT2D eigenvalue weighted by Crippen LogP contribution is 2.32. The van der Waals surface area contributed by atoms with E-state index in [9.17, 15) is 4.79 Å². The molecule has 0 N–H and O–H groups in total. The average Bonchev–Trinajstić information content (AvgIpc) is 3.17. The molecule has 0 saturated carbocycles. The summed E-state index contributed by atoms with van der Waals surface area (Å²) in [5.41, 5.74) is 3.06. The molecule has 0 radical (unpaired) electrons. The number of carbonyl (C=O) groups excluding carboxylic acids is 1. The van der Waals surface area contributed by atoms with Crippen molar-refractivity contribution in [1.29, 1.82) is 0 Å². The molecule has 0 unspecified atom stereocenters. The molecule has 4 rings (SSSR count). The number of methoxy groups -OCH3 is 1. The van der Waals surface area contributed by atoms with Gasteiger partial charge in [-0.15, -0.1) is 0 Å². The van der Waals surface area contributed by atoms with Gasteiger partial charge in [0.25, 0.3) is 0 Å². The molecule has 1 saturated heterocycles. The normalized spacial score (nSPS) is 17.1. The fourth-order valence-electron chi connectivity index (χ4n) is 3.53. The minimum absolute atomic E-state index is 0.293. The third-order valence-corrected chi connectivity index (χ3v) is 5.09. The monoisotopic (exact) mass is 368 g/mol. The fraction of sp³-hybridized carbons (Fsp3) is 0.381. The van der Waals surface area contributed by atoms with E-state index in [0.29, 0.717) is 12.4 Å². The first kappa shape index (κ1) is 17.8. The Morgan fingerprint density at radius 3 is 2.15 bits per heavy atom. The first-order valence-electron chi connectivity index (χ1n) is 9.22. The van der Waals surface area contributed by atoms with Crippen LogP contribution in [0.5, 0.6) is 11.5 Å². The Morgan fingerprint density at radius 2 is 1.48 bits per heavy atom. The van der Waals surface area contributed by atoms with Crippen LogP contribution < -0.4 is 9.47 Å². The first-order valence-corrected chi connectivity index (χ1v) is 9.22. The van der Waals surface area contributed by atoms with E-state index >= 15 is 0 Å². The van der Waals surface area contributed by atoms with Gasteiger partial charge in [-0.05, 0) is 35.4 Å². The Bertz CT molecular complexity index is 798. The number of carbonyl (C=O) groups is 1. The molecule has 6 nitrogen and oxygen atoms in total. The van der Waals surface area contributed by atoms with Crippen molar-refractivity contribution < 1.29 is 19.0 Å². The van der Waals surface area contributed by atoms with Gasteiger partial charge in [0, 0.05) is 39.3 Å². The smallest absolute Gasteiger partial charge is 0.337 e. The van der Waals surface area contributed by atoms with Crippen molar-refractivity contribution in [1.82, 2.24) is 9.80 Å². The van der Waals surface area contributed by atoms with Crippen molar-refractivity contribution in [2.45, 2.75) is 13.1 Å². The summed E-state index contributed by atoms with van der Waals surface area (Å²) in [7, 11) is 1.40. The summed E-state index contributed by atoms with van der Waals surface area (Å²) >= 11 is 0. The van der Waals surface area contributed by atoms with Crippen LogP contribution in [0.25, 0.3) is 0 Å². The second kappa shape index (κ2) is 7.98. The van der Waals surface area contributed by atoms with E-state index in [0.717, 1.165) is 50.8 Å². The first-order chi connectivity index (χ1) is 13.2. The quantitative estimate of drug-likeness (QED) is 0.756. The number of hydrogen-bond donors (Lipinski definition) is 0. The minimum atomic E-state index is -0.293. The summed E-state index contributed by atoms with van der Waals surface area (Å²) in [5.74, 6) is 1.39. The Balaban J connectivity index is 1.27. The number of rotatable bonds is 5. The van der Waals surface area contributed by atoms with Gasteiger partial charge in [-0.2, -0.15) is 0 Å². The molecule has 2 heterocycles. The lowest BCUT2D eigenvalue weighted by atomic mass is 10.1. The van der Waals surface area contributed by atoms with E-state index in [1.807, 2.05) is 30.3 Å². The van der Waals surface area contributed by atoms with Crippen molar-refractivity contribution in [2.24, 2.45) is 0 Å². The maximum Gasteiger partial charge on any atom is 0.337 e. The lowest BCUT2D eigenvalue weighted by Gasteiger charge is -2.34. The van der Waals surface area contributed by atoms with Gasteiger partial charge >= 0.3 is 5.97 Å². The Labute approximate surface area is 159 Å². The van der Waals surface area contributed by atoms with Crippen LogP contribution in [0.3, 0.4) is 0 Å². The Hall–Kier alpha value is -2.57. The largest absolute Gasteiger partial charge is 0.465 e. The van der Waals surface area contributed by atoms with E-state index in [1.165, 1.54) is 18.2 Å². The molecule has 27 heavy (non-hydrogen) atoms. The maximum absolute atomic E-state index is 11.5. The van der Waals surface area contributed by atoms with Crippen LogP contribution in [0, 0.1) is 0 Å². The summed E-state index contributed by atoms with van der Waals surface area (Å²) in [6.45, 7) is 6.28. The van der Waals surface area contributed by atoms with Crippen molar-refractivity contribution >= 4 is 5.97 Å². The fourth-order valence-corrected chi connectivity index (χ4v) is 3.53. The summed E-state index contributed by atoms with van der Waals surface area (Å²) in [5, 5.41) is 0. The summed E-state index contributed by atoms with van der Waals surface area (Å²) < 4.78 is 15.6. The zero-order chi connectivity index (χ0) is 18.6. The van der Waals surface area contributed by atoms with Gasteiger partial charge in [0.15, 0.2) is 11.5 Å². The molecular weight excluding hydrogens is 344 g/mol. The lowest BCUT2D eigenvalue weighted by Crippen LogP contribution is -2.45. The zero-order valence-electron chi connectivity index (χ0n) is 15.5. The van der Waals surface area contributed by atoms with Crippen LogP contribution >= 0.6 is 0 Å². The number of ether oxygens (including phenoxy) is 3. The molecule has 1 fully saturated rings. The molecule has 0 bridgehead atoms. The van der Waals surface area contributed by atoms with Crippen molar-refractivity contribution in [3.05, 3.63) is 59.2 Å². The third kappa shape index (κ3) is 4.23. The van der Waals surface area contributed by atoms with Gasteiger partial charge in [-0.25, -0.2) is 4.79 Å². The summed E-state index contributed by atoms with van der Waals surface area (Å²) in [6.07, 6.45) is 0. The van der Waals surface area contributed by atoms with Crippen molar-refractivity contribution in [2.75, 3.05) is 40.1 Å². The van der Waals surface area contributed by atoms with Gasteiger partial charge in [0.1, 0.15) is 0 Å². The highest BCUT2D eigenvalue weighted by molar-refractivity contribution is 5.89. The van der Waals surface area contributed by atoms with Gasteiger partial charge in [0.05, 0.1) is 12.7 Å². The van der Waals surface area contributed by atoms with Crippen molar-refractivity contribution in [3.8, 4) is 11.5 Å². The van der Waals surface area contributed by atoms with Crippen LogP contribution in [0.15, 0.2) is 42.5 Å². The summed E-state index contributed by atoms with van der Waals surface area (Å²) in [4.78, 5) is 16.4. The van der Waals surface area contributed by atoms with Crippen LogP contribution in [0.1, 0.15) is 21.5 Å². The molecule has 0 aliphatic carbocycles. The van der Waals surface area contributed by atoms with Crippen LogP contribution in [0.4, 0.5) is 0 Å². The molecule has 0 aromatic heterocycles. The molecule has 0 atom stereocenters. The van der Waals surface area contributed by atoms with Crippen LogP contribution in [0.2, 0.25) is 0 Å². The van der Waals surface area contributed by atoms with E-state index in [4.69, 9.17) is 14.2 Å². The number of esters is 1. The second-order valence-electron chi connectivity index (χ2n) is 6.93. The van der Waals surface area contributed by atoms with Crippen LogP contribution in [-0.2, 0) is 17.8 Å². The molecule has 142 valence electrons. The van der Waals surface area contributed by atoms with Gasteiger partial charge in [0.2, 0.25) is 6.79 Å². The predicted molar refractivity (Wildman–Crippen MR) is 101 cm³/mol. The maximum atomic E-state index is 11.5. The predicted octanol–water partition coefficient (Wildman–Crippen LogP) is 2.52. The van der Waals surface area contributed by atoms with E-state index in [-0.39, 0.29) is 5.97 Å². The molecule has 6 heteroatoms. The Morgan fingerprint density at radius 1 is 0.889 bits per heavy atom. The van der Waals surface area contributed by atoms with Gasteiger partial charge in [-0.1, -0.05) is 18.2 Å². The third-order valence-electron chi connectivity index (χ3n) is 5.09. The molecule has 2 aliphatic heterocycles. The SMILES string of the molecule is COC(=O)c1ccc(CN2CCN(Cc3ccc4c(c3)OCO4)CC2)cc1. The minimum Gasteiger partial charge on any atom is -0.465 e. The average molecular weight is 368 g/mol. The number of nitrogens with zero attached hydrogens (tertiary/aromatic N) is 2. The number of benzene rings is 2. The van der Waals surface area contributed by atoms with Crippen molar-refractivity contribution in [3.63, 3.8) is 0 Å². The highest BCUT2D eigenvalue weighted by Gasteiger charge is 2.19. The molecule has 2 aromatic carbocycles. The van der Waals surface area contributed by atoms with E-state index < -0.39 is 0 Å². The lowest BCUT2D eigenvalue weighted by molar-refractivity contribution is 0.0600. The molecule has 2 aliphatic rings. The number of piperazine rings is 1. The Kier molecular flexibility index (Phi) is 5.27. The standard InChI is InChI=1S/C21H24N2O4/c1-25-21(24)18-5-2-16(3-6-18)13-22-8-10-23(11-9-22)14-17-4-7-19-20(12-17)27-15-26-19/h2-7,12H,8-11,13-15H2,1H3. The zero-order valence-corrected chi connectivity index (χ0v) is 15.5.